The van der Waals surface area contributed by atoms with Crippen LogP contribution in [0.15, 0.2) is 53.9 Å². The Labute approximate surface area is 192 Å². The van der Waals surface area contributed by atoms with Crippen LogP contribution in [0.3, 0.4) is 0 Å². The predicted octanol–water partition coefficient (Wildman–Crippen LogP) is 7.23. The molecule has 0 amide bonds. The molecule has 1 aliphatic carbocycles. The van der Waals surface area contributed by atoms with Gasteiger partial charge in [-0.25, -0.2) is 0 Å². The number of hydrogen-bond acceptors (Lipinski definition) is 3. The largest absolute Gasteiger partial charge is 0.512 e. The molecule has 0 unspecified atom stereocenters. The number of fused-ring (bicyclic) bond motifs is 1. The number of allylic oxidation sites excluding steroid dienone is 4. The monoisotopic (exact) mass is 429 g/mol. The number of aldehydes is 1. The minimum absolute atomic E-state index is 0.0113. The van der Waals surface area contributed by atoms with Crippen molar-refractivity contribution in [1.82, 2.24) is 4.98 Å². The highest BCUT2D eigenvalue weighted by molar-refractivity contribution is 5.82. The van der Waals surface area contributed by atoms with Crippen molar-refractivity contribution in [3.05, 3.63) is 87.5 Å². The van der Waals surface area contributed by atoms with Crippen molar-refractivity contribution < 1.29 is 9.90 Å². The van der Waals surface area contributed by atoms with E-state index in [2.05, 4.69) is 72.8 Å². The van der Waals surface area contributed by atoms with Crippen molar-refractivity contribution in [3.8, 4) is 0 Å². The van der Waals surface area contributed by atoms with E-state index in [1.54, 1.807) is 12.3 Å². The summed E-state index contributed by atoms with van der Waals surface area (Å²) in [6.45, 7) is 15.5. The Kier molecular flexibility index (Phi) is 6.59. The van der Waals surface area contributed by atoms with Crippen LogP contribution in [0.25, 0.3) is 11.6 Å². The lowest BCUT2D eigenvalue weighted by molar-refractivity contribution is -0.107. The Bertz CT molecular complexity index is 1110. The molecule has 3 rings (SSSR count). The maximum atomic E-state index is 10.5. The number of aryl methyl sites for hydroxylation is 1. The lowest BCUT2D eigenvalue weighted by Gasteiger charge is -2.37. The Balaban J connectivity index is 2.07. The van der Waals surface area contributed by atoms with E-state index in [1.165, 1.54) is 27.8 Å². The molecule has 0 aliphatic heterocycles. The van der Waals surface area contributed by atoms with Gasteiger partial charge in [0.25, 0.3) is 0 Å². The van der Waals surface area contributed by atoms with Gasteiger partial charge in [-0.3, -0.25) is 4.98 Å². The topological polar surface area (TPSA) is 50.2 Å². The molecule has 0 saturated carbocycles. The molecule has 2 aromatic rings. The number of aliphatic hydroxyl groups is 1. The van der Waals surface area contributed by atoms with E-state index in [9.17, 15) is 9.90 Å². The van der Waals surface area contributed by atoms with E-state index in [0.717, 1.165) is 23.1 Å². The predicted molar refractivity (Wildman–Crippen MR) is 134 cm³/mol. The number of aliphatic hydroxyl groups excluding tert-OH is 1. The minimum Gasteiger partial charge on any atom is -0.512 e. The van der Waals surface area contributed by atoms with Gasteiger partial charge in [0.05, 0.1) is 11.5 Å². The molecule has 1 aromatic carbocycles. The summed E-state index contributed by atoms with van der Waals surface area (Å²) in [4.78, 5) is 15.2. The number of carbonyl (C=O) groups is 1. The number of hydrogen-bond donors (Lipinski definition) is 1. The molecule has 1 aliphatic rings. The number of nitrogens with zero attached hydrogens (tertiary/aromatic N) is 1. The van der Waals surface area contributed by atoms with Gasteiger partial charge >= 0.3 is 0 Å². The molecule has 1 heterocycles. The van der Waals surface area contributed by atoms with Crippen molar-refractivity contribution in [1.29, 1.82) is 0 Å². The normalized spacial score (nSPS) is 16.4. The Morgan fingerprint density at radius 2 is 1.66 bits per heavy atom. The first-order valence-electron chi connectivity index (χ1n) is 11.3. The summed E-state index contributed by atoms with van der Waals surface area (Å²) in [5.74, 6) is 0.192. The molecule has 0 bridgehead atoms. The van der Waals surface area contributed by atoms with Crippen LogP contribution in [0.1, 0.15) is 87.9 Å². The summed E-state index contributed by atoms with van der Waals surface area (Å²) in [6, 6.07) is 8.68. The van der Waals surface area contributed by atoms with Gasteiger partial charge in [-0.1, -0.05) is 57.6 Å². The summed E-state index contributed by atoms with van der Waals surface area (Å²) in [7, 11) is 0. The fourth-order valence-electron chi connectivity index (χ4n) is 4.41. The first-order valence-corrected chi connectivity index (χ1v) is 11.3. The summed E-state index contributed by atoms with van der Waals surface area (Å²) in [6.07, 6.45) is 9.57. The highest BCUT2D eigenvalue weighted by atomic mass is 16.3. The molecule has 1 aromatic heterocycles. The summed E-state index contributed by atoms with van der Waals surface area (Å²) in [5.41, 5.74) is 9.29. The highest BCUT2D eigenvalue weighted by Gasteiger charge is 2.33. The fourth-order valence-corrected chi connectivity index (χ4v) is 4.41. The van der Waals surface area contributed by atoms with Crippen molar-refractivity contribution >= 4 is 17.9 Å². The smallest absolute Gasteiger partial charge is 0.120 e. The molecule has 168 valence electrons. The minimum atomic E-state index is -0.0266. The van der Waals surface area contributed by atoms with Gasteiger partial charge in [0.2, 0.25) is 0 Å². The number of benzene rings is 1. The lowest BCUT2D eigenvalue weighted by Crippen LogP contribution is -2.29. The van der Waals surface area contributed by atoms with E-state index in [4.69, 9.17) is 4.98 Å². The second kappa shape index (κ2) is 8.90. The molecule has 1 N–H and O–H groups in total. The van der Waals surface area contributed by atoms with Crippen molar-refractivity contribution in [2.75, 3.05) is 0 Å². The number of rotatable bonds is 6. The van der Waals surface area contributed by atoms with E-state index >= 15 is 0 Å². The second-order valence-corrected chi connectivity index (χ2v) is 10.2. The van der Waals surface area contributed by atoms with Crippen LogP contribution < -0.4 is 0 Å². The van der Waals surface area contributed by atoms with E-state index in [0.29, 0.717) is 12.8 Å². The third kappa shape index (κ3) is 4.77. The summed E-state index contributed by atoms with van der Waals surface area (Å²) < 4.78 is 0. The highest BCUT2D eigenvalue weighted by Crippen LogP contribution is 2.43. The van der Waals surface area contributed by atoms with Gasteiger partial charge in [-0.2, -0.15) is 0 Å². The van der Waals surface area contributed by atoms with E-state index in [1.807, 2.05) is 12.1 Å². The maximum Gasteiger partial charge on any atom is 0.120 e. The quantitative estimate of drug-likeness (QED) is 0.299. The zero-order valence-electron chi connectivity index (χ0n) is 20.4. The molecule has 0 atom stereocenters. The van der Waals surface area contributed by atoms with Crippen LogP contribution in [-0.4, -0.2) is 16.4 Å². The second-order valence-electron chi connectivity index (χ2n) is 10.2. The number of aromatic nitrogens is 1. The van der Waals surface area contributed by atoms with Crippen molar-refractivity contribution in [2.45, 2.75) is 72.1 Å². The molecule has 0 saturated heterocycles. The van der Waals surface area contributed by atoms with Gasteiger partial charge in [0.15, 0.2) is 0 Å². The number of pyridine rings is 1. The van der Waals surface area contributed by atoms with E-state index in [-0.39, 0.29) is 16.6 Å². The Morgan fingerprint density at radius 3 is 2.19 bits per heavy atom. The summed E-state index contributed by atoms with van der Waals surface area (Å²) >= 11 is 0. The van der Waals surface area contributed by atoms with Gasteiger partial charge in [0.1, 0.15) is 6.29 Å². The standard InChI is InChI=1S/C29H35NO2/c1-19(2)27(26-11-10-21(18-30-26)16-22(32)9-8-14-31)23-17-25-24(15-20(23)3)28(4,5)12-13-29(25,6)7/h10-18,32H,8-9H2,1-7H3/b22-16-. The lowest BCUT2D eigenvalue weighted by atomic mass is 9.67. The third-order valence-electron chi connectivity index (χ3n) is 6.33. The summed E-state index contributed by atoms with van der Waals surface area (Å²) in [5, 5.41) is 9.98. The first kappa shape index (κ1) is 23.7. The molecular weight excluding hydrogens is 394 g/mol. The van der Waals surface area contributed by atoms with Gasteiger partial charge in [-0.05, 0) is 66.8 Å². The molecule has 3 nitrogen and oxygen atoms in total. The number of carbonyl (C=O) groups excluding carboxylic acids is 1. The van der Waals surface area contributed by atoms with Crippen LogP contribution in [0.2, 0.25) is 0 Å². The van der Waals surface area contributed by atoms with Crippen LogP contribution in [0.5, 0.6) is 0 Å². The zero-order valence-corrected chi connectivity index (χ0v) is 20.4. The van der Waals surface area contributed by atoms with Gasteiger partial charge in [0, 0.05) is 35.4 Å². The average molecular weight is 430 g/mol. The zero-order chi connectivity index (χ0) is 23.7. The SMILES string of the molecule is CC(C)=C(c1ccc(/C=C(\O)CCC=O)cn1)c1cc2c(cc1C)C(C)(C)C=CC2(C)C. The molecule has 0 spiro atoms. The van der Waals surface area contributed by atoms with Gasteiger partial charge in [-0.15, -0.1) is 0 Å². The molecule has 32 heavy (non-hydrogen) atoms. The van der Waals surface area contributed by atoms with Crippen molar-refractivity contribution in [2.24, 2.45) is 0 Å². The average Bonchev–Trinajstić information content (AvgIpc) is 2.72. The van der Waals surface area contributed by atoms with Crippen LogP contribution >= 0.6 is 0 Å². The van der Waals surface area contributed by atoms with Crippen LogP contribution in [0, 0.1) is 6.92 Å². The van der Waals surface area contributed by atoms with Crippen LogP contribution in [0.4, 0.5) is 0 Å². The van der Waals surface area contributed by atoms with Crippen molar-refractivity contribution in [3.63, 3.8) is 0 Å². The third-order valence-corrected chi connectivity index (χ3v) is 6.33. The molecule has 0 fully saturated rings. The Morgan fingerprint density at radius 1 is 1.03 bits per heavy atom. The van der Waals surface area contributed by atoms with E-state index < -0.39 is 0 Å². The maximum absolute atomic E-state index is 10.5. The van der Waals surface area contributed by atoms with Gasteiger partial charge < -0.3 is 9.90 Å². The van der Waals surface area contributed by atoms with Crippen LogP contribution in [-0.2, 0) is 15.6 Å². The first-order chi connectivity index (χ1) is 15.0. The Hall–Kier alpha value is -2.94. The molecule has 0 radical (unpaired) electrons. The fraction of sp³-hybridized carbons (Fsp3) is 0.379. The molecule has 3 heteroatoms. The molecular formula is C29H35NO2.